The van der Waals surface area contributed by atoms with Crippen LogP contribution in [0.15, 0.2) is 107 Å². The Hall–Kier alpha value is -3.45. The summed E-state index contributed by atoms with van der Waals surface area (Å²) in [6.07, 6.45) is 0.701. The van der Waals surface area contributed by atoms with Crippen molar-refractivity contribution < 1.29 is 17.0 Å². The summed E-state index contributed by atoms with van der Waals surface area (Å²) in [7, 11) is -4.09. The van der Waals surface area contributed by atoms with E-state index < -0.39 is 22.3 Å². The number of furan rings is 1. The molecule has 35 heavy (non-hydrogen) atoms. The smallest absolute Gasteiger partial charge is 0.297 e. The fourth-order valence-corrected chi connectivity index (χ4v) is 5.73. The zero-order chi connectivity index (χ0) is 24.6. The normalized spacial score (nSPS) is 14.7. The lowest BCUT2D eigenvalue weighted by molar-refractivity contribution is 0.188. The van der Waals surface area contributed by atoms with Crippen molar-refractivity contribution in [1.82, 2.24) is 0 Å². The SMILES string of the molecule is CC(c1ccccc1)c1ccc(C(OS(=O)(=O)c2ccc3ccccc3c2)C(C)N)c2occc12. The van der Waals surface area contributed by atoms with Crippen molar-refractivity contribution in [3.05, 3.63) is 114 Å². The van der Waals surface area contributed by atoms with E-state index in [2.05, 4.69) is 19.1 Å². The monoisotopic (exact) mass is 485 g/mol. The van der Waals surface area contributed by atoms with Gasteiger partial charge in [-0.1, -0.05) is 79.7 Å². The van der Waals surface area contributed by atoms with Crippen LogP contribution in [-0.2, 0) is 14.3 Å². The van der Waals surface area contributed by atoms with Gasteiger partial charge in [0.1, 0.15) is 11.7 Å². The van der Waals surface area contributed by atoms with Crippen molar-refractivity contribution >= 4 is 31.9 Å². The number of hydrogen-bond acceptors (Lipinski definition) is 5. The molecule has 4 aromatic carbocycles. The van der Waals surface area contributed by atoms with Crippen molar-refractivity contribution in [3.63, 3.8) is 0 Å². The Bertz CT molecular complexity index is 1590. The quantitative estimate of drug-likeness (QED) is 0.265. The fraction of sp³-hybridized carbons (Fsp3) is 0.172. The van der Waals surface area contributed by atoms with E-state index in [1.807, 2.05) is 60.7 Å². The minimum Gasteiger partial charge on any atom is -0.464 e. The molecule has 0 aliphatic carbocycles. The molecule has 0 bridgehead atoms. The van der Waals surface area contributed by atoms with Gasteiger partial charge in [0.15, 0.2) is 0 Å². The topological polar surface area (TPSA) is 82.5 Å². The number of rotatable bonds is 7. The lowest BCUT2D eigenvalue weighted by atomic mass is 9.89. The minimum absolute atomic E-state index is 0.0897. The summed E-state index contributed by atoms with van der Waals surface area (Å²) in [6, 6.07) is 27.9. The zero-order valence-corrected chi connectivity index (χ0v) is 20.4. The molecular weight excluding hydrogens is 458 g/mol. The van der Waals surface area contributed by atoms with Crippen LogP contribution in [0.5, 0.6) is 0 Å². The van der Waals surface area contributed by atoms with Gasteiger partial charge in [0, 0.05) is 22.9 Å². The Morgan fingerprint density at radius 3 is 2.23 bits per heavy atom. The van der Waals surface area contributed by atoms with E-state index in [1.165, 1.54) is 5.56 Å². The van der Waals surface area contributed by atoms with Crippen molar-refractivity contribution in [1.29, 1.82) is 0 Å². The molecule has 178 valence electrons. The average Bonchev–Trinajstić information content (AvgIpc) is 3.37. The van der Waals surface area contributed by atoms with Crippen molar-refractivity contribution in [2.75, 3.05) is 0 Å². The van der Waals surface area contributed by atoms with Crippen LogP contribution >= 0.6 is 0 Å². The first kappa shape index (κ1) is 23.3. The molecule has 0 spiro atoms. The van der Waals surface area contributed by atoms with Crippen LogP contribution in [-0.4, -0.2) is 14.5 Å². The van der Waals surface area contributed by atoms with Crippen LogP contribution in [0.25, 0.3) is 21.7 Å². The lowest BCUT2D eigenvalue weighted by Gasteiger charge is -2.23. The summed E-state index contributed by atoms with van der Waals surface area (Å²) in [4.78, 5) is 0.0897. The maximum Gasteiger partial charge on any atom is 0.297 e. The molecule has 0 aliphatic rings. The second-order valence-corrected chi connectivity index (χ2v) is 10.5. The Morgan fingerprint density at radius 2 is 1.49 bits per heavy atom. The molecule has 3 atom stereocenters. The first-order valence-electron chi connectivity index (χ1n) is 11.6. The van der Waals surface area contributed by atoms with Gasteiger partial charge in [-0.2, -0.15) is 8.42 Å². The molecule has 0 fully saturated rings. The summed E-state index contributed by atoms with van der Waals surface area (Å²) in [5, 5.41) is 2.69. The van der Waals surface area contributed by atoms with Gasteiger partial charge in [0.05, 0.1) is 11.2 Å². The van der Waals surface area contributed by atoms with E-state index in [-0.39, 0.29) is 10.8 Å². The van der Waals surface area contributed by atoms with E-state index >= 15 is 0 Å². The van der Waals surface area contributed by atoms with E-state index in [0.29, 0.717) is 11.1 Å². The van der Waals surface area contributed by atoms with Gasteiger partial charge >= 0.3 is 0 Å². The van der Waals surface area contributed by atoms with E-state index in [4.69, 9.17) is 14.3 Å². The number of hydrogen-bond donors (Lipinski definition) is 1. The molecule has 0 saturated heterocycles. The highest BCUT2D eigenvalue weighted by atomic mass is 32.2. The number of fused-ring (bicyclic) bond motifs is 2. The van der Waals surface area contributed by atoms with Crippen LogP contribution in [0.1, 0.15) is 42.6 Å². The standard InChI is InChI=1S/C29H27NO4S/c1-19(21-8-4-3-5-9-21)25-14-15-27(29-26(25)16-17-33-29)28(20(2)30)34-35(31,32)24-13-12-22-10-6-7-11-23(22)18-24/h3-20,28H,30H2,1-2H3. The summed E-state index contributed by atoms with van der Waals surface area (Å²) < 4.78 is 38.2. The molecule has 0 amide bonds. The zero-order valence-electron chi connectivity index (χ0n) is 19.6. The van der Waals surface area contributed by atoms with Gasteiger partial charge in [0.25, 0.3) is 10.1 Å². The lowest BCUT2D eigenvalue weighted by Crippen LogP contribution is -2.29. The van der Waals surface area contributed by atoms with Gasteiger partial charge in [-0.05, 0) is 47.0 Å². The maximum absolute atomic E-state index is 13.3. The Morgan fingerprint density at radius 1 is 0.800 bits per heavy atom. The molecule has 1 heterocycles. The van der Waals surface area contributed by atoms with Crippen molar-refractivity contribution in [2.24, 2.45) is 5.73 Å². The number of nitrogens with two attached hydrogens (primary N) is 1. The molecule has 1 aromatic heterocycles. The molecule has 0 aliphatic heterocycles. The third-order valence-electron chi connectivity index (χ3n) is 6.47. The highest BCUT2D eigenvalue weighted by molar-refractivity contribution is 7.86. The van der Waals surface area contributed by atoms with E-state index in [0.717, 1.165) is 21.7 Å². The Labute approximate surface area is 205 Å². The maximum atomic E-state index is 13.3. The first-order valence-corrected chi connectivity index (χ1v) is 13.0. The van der Waals surface area contributed by atoms with Gasteiger partial charge in [0.2, 0.25) is 0 Å². The molecule has 5 aromatic rings. The summed E-state index contributed by atoms with van der Waals surface area (Å²) >= 11 is 0. The highest BCUT2D eigenvalue weighted by Crippen LogP contribution is 2.37. The summed E-state index contributed by atoms with van der Waals surface area (Å²) in [6.45, 7) is 3.87. The predicted octanol–water partition coefficient (Wildman–Crippen LogP) is 6.53. The summed E-state index contributed by atoms with van der Waals surface area (Å²) in [5.41, 5.74) is 9.72. The third-order valence-corrected chi connectivity index (χ3v) is 7.76. The second-order valence-electron chi connectivity index (χ2n) is 8.88. The largest absolute Gasteiger partial charge is 0.464 e. The van der Waals surface area contributed by atoms with Crippen LogP contribution in [0.4, 0.5) is 0 Å². The second kappa shape index (κ2) is 9.30. The first-order chi connectivity index (χ1) is 16.8. The highest BCUT2D eigenvalue weighted by Gasteiger charge is 2.29. The number of benzene rings is 4. The van der Waals surface area contributed by atoms with Gasteiger partial charge in [-0.25, -0.2) is 0 Å². The Kier molecular flexibility index (Phi) is 6.19. The molecule has 3 unspecified atom stereocenters. The van der Waals surface area contributed by atoms with Crippen LogP contribution in [0.2, 0.25) is 0 Å². The van der Waals surface area contributed by atoms with Crippen LogP contribution in [0, 0.1) is 0 Å². The Balaban J connectivity index is 1.53. The molecular formula is C29H27NO4S. The molecule has 5 rings (SSSR count). The van der Waals surface area contributed by atoms with E-state index in [1.54, 1.807) is 31.4 Å². The van der Waals surface area contributed by atoms with Gasteiger partial charge in [-0.3, -0.25) is 4.18 Å². The molecule has 6 heteroatoms. The van der Waals surface area contributed by atoms with Gasteiger partial charge < -0.3 is 10.2 Å². The van der Waals surface area contributed by atoms with Crippen molar-refractivity contribution in [2.45, 2.75) is 36.8 Å². The van der Waals surface area contributed by atoms with Crippen LogP contribution < -0.4 is 5.73 Å². The van der Waals surface area contributed by atoms with Crippen molar-refractivity contribution in [3.8, 4) is 0 Å². The summed E-state index contributed by atoms with van der Waals surface area (Å²) in [5.74, 6) is 0.126. The third kappa shape index (κ3) is 4.48. The predicted molar refractivity (Wildman–Crippen MR) is 139 cm³/mol. The van der Waals surface area contributed by atoms with Gasteiger partial charge in [-0.15, -0.1) is 0 Å². The fourth-order valence-electron chi connectivity index (χ4n) is 4.57. The molecule has 0 radical (unpaired) electrons. The van der Waals surface area contributed by atoms with Crippen LogP contribution in [0.3, 0.4) is 0 Å². The van der Waals surface area contributed by atoms with E-state index in [9.17, 15) is 8.42 Å². The average molecular weight is 486 g/mol. The molecule has 5 nitrogen and oxygen atoms in total. The molecule has 0 saturated carbocycles. The minimum atomic E-state index is -4.09. The molecule has 2 N–H and O–H groups in total.